The van der Waals surface area contributed by atoms with Gasteiger partial charge in [0.05, 0.1) is 49.3 Å². The van der Waals surface area contributed by atoms with Crippen molar-refractivity contribution in [2.45, 2.75) is 82.5 Å². The monoisotopic (exact) mass is 537 g/mol. The maximum atomic E-state index is 15.1. The number of piperidine rings is 1. The van der Waals surface area contributed by atoms with E-state index in [1.807, 2.05) is 6.92 Å². The number of methoxy groups -OCH3 is 3. The molecule has 0 aromatic carbocycles. The predicted molar refractivity (Wildman–Crippen MR) is 133 cm³/mol. The molecule has 1 aliphatic heterocycles. The Morgan fingerprint density at radius 3 is 2.39 bits per heavy atom. The fraction of sp³-hybridized carbons (Fsp3) is 0.929. The number of quaternary nitrogens is 1. The van der Waals surface area contributed by atoms with Gasteiger partial charge in [-0.25, -0.2) is 0 Å². The van der Waals surface area contributed by atoms with Crippen molar-refractivity contribution in [3.8, 4) is 0 Å². The first-order chi connectivity index (χ1) is 18.0. The number of fused-ring (bicyclic) bond motifs is 2. The van der Waals surface area contributed by atoms with Crippen LogP contribution in [0.25, 0.3) is 0 Å². The number of hydrogen-bond acceptors (Lipinski definition) is 9. The van der Waals surface area contributed by atoms with E-state index in [9.17, 15) is 14.7 Å². The number of hydrogen-bond donors (Lipinski definition) is 1. The molecule has 0 amide bonds. The normalized spacial score (nSPS) is 55.5. The predicted octanol–water partition coefficient (Wildman–Crippen LogP) is 1.66. The van der Waals surface area contributed by atoms with Crippen molar-refractivity contribution >= 4 is 11.9 Å². The molecular weight excluding hydrogens is 494 g/mol. The summed E-state index contributed by atoms with van der Waals surface area (Å²) in [6.45, 7) is 5.85. The number of hydroxylamine groups is 3. The van der Waals surface area contributed by atoms with Gasteiger partial charge in [-0.3, -0.25) is 9.59 Å². The number of carbonyl (C=O) groups is 2. The Bertz CT molecular complexity index is 1010. The number of aliphatic hydroxyl groups excluding tert-OH is 1. The lowest BCUT2D eigenvalue weighted by atomic mass is 9.43. The van der Waals surface area contributed by atoms with E-state index in [4.69, 9.17) is 23.7 Å². The van der Waals surface area contributed by atoms with Crippen LogP contribution in [0.2, 0.25) is 0 Å². The van der Waals surface area contributed by atoms with Crippen molar-refractivity contribution in [2.24, 2.45) is 40.4 Å². The van der Waals surface area contributed by atoms with Crippen molar-refractivity contribution in [3.05, 3.63) is 5.21 Å². The summed E-state index contributed by atoms with van der Waals surface area (Å²) in [4.78, 5) is 25.3. The lowest BCUT2D eigenvalue weighted by Gasteiger charge is -2.72. The molecule has 0 aromatic rings. The Labute approximate surface area is 224 Å². The molecular formula is C28H43NO9. The summed E-state index contributed by atoms with van der Waals surface area (Å²) < 4.78 is 30.2. The third-order valence-electron chi connectivity index (χ3n) is 12.0. The Morgan fingerprint density at radius 1 is 1.08 bits per heavy atom. The summed E-state index contributed by atoms with van der Waals surface area (Å²) in [5.41, 5.74) is -2.38. The van der Waals surface area contributed by atoms with Crippen LogP contribution in [-0.2, 0) is 33.3 Å². The first-order valence-corrected chi connectivity index (χ1v) is 14.2. The summed E-state index contributed by atoms with van der Waals surface area (Å²) in [6.07, 6.45) is 0.275. The molecule has 214 valence electrons. The highest BCUT2D eigenvalue weighted by Gasteiger charge is 2.90. The van der Waals surface area contributed by atoms with Gasteiger partial charge < -0.3 is 38.6 Å². The maximum absolute atomic E-state index is 15.1. The minimum absolute atomic E-state index is 0.112. The Kier molecular flexibility index (Phi) is 6.09. The first kappa shape index (κ1) is 26.9. The van der Waals surface area contributed by atoms with Gasteiger partial charge in [0.15, 0.2) is 0 Å². The second-order valence-electron chi connectivity index (χ2n) is 13.1. The molecule has 1 heterocycles. The van der Waals surface area contributed by atoms with E-state index < -0.39 is 63.3 Å². The summed E-state index contributed by atoms with van der Waals surface area (Å²) >= 11 is 0. The highest BCUT2D eigenvalue weighted by atomic mass is 16.6. The summed E-state index contributed by atoms with van der Waals surface area (Å²) in [6, 6.07) is -0.518. The average Bonchev–Trinajstić information content (AvgIpc) is 3.30. The van der Waals surface area contributed by atoms with Gasteiger partial charge in [-0.1, -0.05) is 0 Å². The van der Waals surface area contributed by atoms with Crippen LogP contribution in [0.15, 0.2) is 0 Å². The Balaban J connectivity index is 1.68. The van der Waals surface area contributed by atoms with Gasteiger partial charge >= 0.3 is 11.9 Å². The highest BCUT2D eigenvalue weighted by Crippen LogP contribution is 2.80. The molecule has 6 fully saturated rings. The average molecular weight is 538 g/mol. The van der Waals surface area contributed by atoms with Crippen LogP contribution in [-0.4, -0.2) is 98.8 Å². The van der Waals surface area contributed by atoms with Crippen LogP contribution in [0.3, 0.4) is 0 Å². The number of esters is 2. The minimum Gasteiger partial charge on any atom is -0.633 e. The van der Waals surface area contributed by atoms with Gasteiger partial charge in [-0.05, 0) is 32.1 Å². The fourth-order valence-corrected chi connectivity index (χ4v) is 11.7. The van der Waals surface area contributed by atoms with E-state index in [-0.39, 0.29) is 29.8 Å². The molecule has 6 rings (SSSR count). The maximum Gasteiger partial charge on any atom is 0.303 e. The van der Waals surface area contributed by atoms with Crippen molar-refractivity contribution in [1.82, 2.24) is 0 Å². The van der Waals surface area contributed by atoms with Crippen LogP contribution >= 0.6 is 0 Å². The molecule has 0 aromatic heterocycles. The molecule has 6 aliphatic rings. The van der Waals surface area contributed by atoms with E-state index >= 15 is 5.21 Å². The fourth-order valence-electron chi connectivity index (χ4n) is 11.7. The van der Waals surface area contributed by atoms with E-state index in [1.54, 1.807) is 21.3 Å². The molecule has 1 N–H and O–H groups in total. The van der Waals surface area contributed by atoms with Crippen molar-refractivity contribution in [3.63, 3.8) is 0 Å². The van der Waals surface area contributed by atoms with Crippen LogP contribution in [0.1, 0.15) is 46.5 Å². The molecule has 1 saturated heterocycles. The standard InChI is InChI=1S/C28H43NO9/c1-7-29(33)12-26(13-34-4)9-8-19(32)28-17-10-16-18(35-5)11-27(38-15(3)31,20(17)22(16)37-14(2)30)21(25(28)29)23(36-6)24(26)28/h16-25,32H,7-13H2,1-6H3/t16-,17-,18+,19+,20-,21+,22+,23+,24-,25-,26+,27-,28+,29?/m1/s1. The number of carbonyl (C=O) groups excluding carboxylic acids is 2. The number of ether oxygens (including phenoxy) is 5. The molecule has 7 bridgehead atoms. The molecule has 38 heavy (non-hydrogen) atoms. The number of likely N-dealkylation sites (tertiary alicyclic amines) is 1. The zero-order valence-corrected chi connectivity index (χ0v) is 23.4. The van der Waals surface area contributed by atoms with Crippen molar-refractivity contribution < 1.29 is 43.0 Å². The van der Waals surface area contributed by atoms with Gasteiger partial charge in [0.2, 0.25) is 0 Å². The zero-order valence-electron chi connectivity index (χ0n) is 23.4. The van der Waals surface area contributed by atoms with Crippen LogP contribution in [0.4, 0.5) is 0 Å². The number of aliphatic hydroxyl groups is 1. The second-order valence-corrected chi connectivity index (χ2v) is 13.1. The molecule has 14 atom stereocenters. The lowest BCUT2D eigenvalue weighted by molar-refractivity contribution is -0.933. The van der Waals surface area contributed by atoms with Crippen molar-refractivity contribution in [1.29, 1.82) is 0 Å². The van der Waals surface area contributed by atoms with Gasteiger partial charge in [-0.2, -0.15) is 0 Å². The first-order valence-electron chi connectivity index (χ1n) is 14.2. The summed E-state index contributed by atoms with van der Waals surface area (Å²) in [5.74, 6) is -2.13. The molecule has 10 nitrogen and oxygen atoms in total. The van der Waals surface area contributed by atoms with Gasteiger partial charge in [-0.15, -0.1) is 0 Å². The van der Waals surface area contributed by atoms with E-state index in [2.05, 4.69) is 0 Å². The highest BCUT2D eigenvalue weighted by molar-refractivity contribution is 5.68. The smallest absolute Gasteiger partial charge is 0.303 e. The van der Waals surface area contributed by atoms with Crippen LogP contribution in [0, 0.1) is 45.6 Å². The van der Waals surface area contributed by atoms with E-state index in [0.717, 1.165) is 0 Å². The van der Waals surface area contributed by atoms with Gasteiger partial charge in [0.1, 0.15) is 17.7 Å². The van der Waals surface area contributed by atoms with Crippen molar-refractivity contribution in [2.75, 3.05) is 41.0 Å². The summed E-state index contributed by atoms with van der Waals surface area (Å²) in [7, 11) is 4.99. The molecule has 1 spiro atoms. The molecule has 5 saturated carbocycles. The quantitative estimate of drug-likeness (QED) is 0.293. The third kappa shape index (κ3) is 2.94. The molecule has 5 aliphatic carbocycles. The molecule has 1 unspecified atom stereocenters. The largest absolute Gasteiger partial charge is 0.633 e. The zero-order chi connectivity index (χ0) is 27.4. The van der Waals surface area contributed by atoms with E-state index in [1.165, 1.54) is 13.8 Å². The number of nitrogens with zero attached hydrogens (tertiary/aromatic N) is 1. The van der Waals surface area contributed by atoms with Gasteiger partial charge in [0.25, 0.3) is 0 Å². The Morgan fingerprint density at radius 2 is 1.82 bits per heavy atom. The van der Waals surface area contributed by atoms with Crippen LogP contribution in [0.5, 0.6) is 0 Å². The van der Waals surface area contributed by atoms with E-state index in [0.29, 0.717) is 45.4 Å². The Hall–Kier alpha value is -1.30. The molecule has 0 radical (unpaired) electrons. The SMILES string of the molecule is CC[N+]1([O-])C[C@]2(COC)CC[C@H](O)[C@@]34[C@@H]5C[C@H]6[C@H](OC(C)=O)[C@@H]5[C@](OC(C)=O)(C[C@@H]6OC)[C@@H]([C@H](OC)[C@H]23)[C@H]41. The second kappa shape index (κ2) is 8.60. The third-order valence-corrected chi connectivity index (χ3v) is 12.0. The van der Waals surface area contributed by atoms with Crippen LogP contribution < -0.4 is 0 Å². The minimum atomic E-state index is -1.12. The topological polar surface area (TPSA) is 124 Å². The number of rotatable bonds is 7. The molecule has 10 heteroatoms. The summed E-state index contributed by atoms with van der Waals surface area (Å²) in [5, 5.41) is 27.3. The lowest BCUT2D eigenvalue weighted by Crippen LogP contribution is -2.80. The van der Waals surface area contributed by atoms with Gasteiger partial charge in [0, 0.05) is 64.8 Å².